The van der Waals surface area contributed by atoms with Crippen LogP contribution in [-0.4, -0.2) is 49.0 Å². The van der Waals surface area contributed by atoms with Gasteiger partial charge in [-0.1, -0.05) is 0 Å². The first-order valence-corrected chi connectivity index (χ1v) is 12.2. The summed E-state index contributed by atoms with van der Waals surface area (Å²) in [6, 6.07) is 10.9. The molecule has 2 aromatic rings. The topological polar surface area (TPSA) is 99.2 Å². The Labute approximate surface area is 199 Å². The Hall–Kier alpha value is -3.14. The summed E-state index contributed by atoms with van der Waals surface area (Å²) >= 11 is 0. The van der Waals surface area contributed by atoms with Gasteiger partial charge in [-0.15, -0.1) is 0 Å². The first-order chi connectivity index (χ1) is 15.5. The number of sulfone groups is 1. The van der Waals surface area contributed by atoms with Crippen LogP contribution in [-0.2, 0) is 24.1 Å². The number of nitrogens with zero attached hydrogens (tertiary/aromatic N) is 1. The summed E-state index contributed by atoms with van der Waals surface area (Å²) in [5.74, 6) is -1.25. The molecular formula is C24H30FNO7S. The molecule has 0 N–H and O–H groups in total. The maximum atomic E-state index is 13.0. The van der Waals surface area contributed by atoms with Crippen molar-refractivity contribution in [1.82, 2.24) is 4.90 Å². The zero-order valence-corrected chi connectivity index (χ0v) is 20.9. The van der Waals surface area contributed by atoms with E-state index in [1.165, 1.54) is 48.5 Å². The fourth-order valence-corrected chi connectivity index (χ4v) is 3.96. The van der Waals surface area contributed by atoms with E-state index in [4.69, 9.17) is 14.2 Å². The number of rotatable bonds is 7. The third-order valence-corrected chi connectivity index (χ3v) is 5.59. The van der Waals surface area contributed by atoms with Gasteiger partial charge in [-0.2, -0.15) is 0 Å². The van der Waals surface area contributed by atoms with Crippen LogP contribution in [0.25, 0.3) is 0 Å². The van der Waals surface area contributed by atoms with Crippen LogP contribution in [0.1, 0.15) is 41.5 Å². The van der Waals surface area contributed by atoms with Gasteiger partial charge >= 0.3 is 12.1 Å². The van der Waals surface area contributed by atoms with E-state index in [0.29, 0.717) is 11.5 Å². The SMILES string of the molecule is CC(C)(C)OC(=O)CN(CS(=O)(=O)c1ccc(Oc2ccc(F)cc2)cc1)C(=O)OC(C)(C)C. The lowest BCUT2D eigenvalue weighted by Gasteiger charge is -2.28. The molecule has 0 radical (unpaired) electrons. The first-order valence-electron chi connectivity index (χ1n) is 10.5. The van der Waals surface area contributed by atoms with Crippen LogP contribution >= 0.6 is 0 Å². The number of hydrogen-bond donors (Lipinski definition) is 0. The Morgan fingerprint density at radius 2 is 1.29 bits per heavy atom. The fourth-order valence-electron chi connectivity index (χ4n) is 2.65. The van der Waals surface area contributed by atoms with Crippen molar-refractivity contribution in [3.8, 4) is 11.5 Å². The van der Waals surface area contributed by atoms with Gasteiger partial charge < -0.3 is 14.2 Å². The number of halogens is 1. The third-order valence-electron chi connectivity index (χ3n) is 3.95. The molecular weight excluding hydrogens is 465 g/mol. The highest BCUT2D eigenvalue weighted by Crippen LogP contribution is 2.24. The van der Waals surface area contributed by atoms with Gasteiger partial charge in [0.05, 0.1) is 4.90 Å². The minimum atomic E-state index is -4.03. The Balaban J connectivity index is 2.20. The molecule has 10 heteroatoms. The van der Waals surface area contributed by atoms with Crippen LogP contribution in [0.5, 0.6) is 11.5 Å². The molecule has 0 saturated heterocycles. The van der Waals surface area contributed by atoms with Crippen molar-refractivity contribution < 1.29 is 36.6 Å². The van der Waals surface area contributed by atoms with Crippen molar-refractivity contribution in [2.75, 3.05) is 12.4 Å². The lowest BCUT2D eigenvalue weighted by Crippen LogP contribution is -2.44. The molecule has 0 aliphatic heterocycles. The zero-order valence-electron chi connectivity index (χ0n) is 20.1. The summed E-state index contributed by atoms with van der Waals surface area (Å²) in [6.07, 6.45) is -0.960. The maximum absolute atomic E-state index is 13.0. The highest BCUT2D eigenvalue weighted by Gasteiger charge is 2.30. The van der Waals surface area contributed by atoms with Crippen molar-refractivity contribution in [2.24, 2.45) is 0 Å². The molecule has 1 amide bonds. The molecule has 0 atom stereocenters. The number of esters is 1. The lowest BCUT2D eigenvalue weighted by molar-refractivity contribution is -0.155. The molecule has 0 heterocycles. The van der Waals surface area contributed by atoms with Crippen molar-refractivity contribution in [1.29, 1.82) is 0 Å². The Kier molecular flexibility index (Phi) is 8.31. The largest absolute Gasteiger partial charge is 0.459 e. The van der Waals surface area contributed by atoms with Crippen LogP contribution in [0.15, 0.2) is 53.4 Å². The Morgan fingerprint density at radius 1 is 0.824 bits per heavy atom. The van der Waals surface area contributed by atoms with E-state index < -0.39 is 51.3 Å². The van der Waals surface area contributed by atoms with Gasteiger partial charge in [-0.3, -0.25) is 9.69 Å². The standard InChI is InChI=1S/C24H30FNO7S/c1-23(2,3)32-21(27)15-26(22(28)33-24(4,5)6)16-34(29,30)20-13-11-19(12-14-20)31-18-9-7-17(25)8-10-18/h7-14H,15-16H2,1-6H3. The van der Waals surface area contributed by atoms with Gasteiger partial charge in [0, 0.05) is 0 Å². The van der Waals surface area contributed by atoms with Gasteiger partial charge in [0.15, 0.2) is 9.84 Å². The van der Waals surface area contributed by atoms with E-state index in [9.17, 15) is 22.4 Å². The maximum Gasteiger partial charge on any atom is 0.411 e. The average molecular weight is 496 g/mol. The molecule has 8 nitrogen and oxygen atoms in total. The third kappa shape index (κ3) is 9.01. The molecule has 0 spiro atoms. The second-order valence-corrected chi connectivity index (χ2v) is 11.5. The number of carbonyl (C=O) groups excluding carboxylic acids is 2. The molecule has 0 fully saturated rings. The van der Waals surface area contributed by atoms with E-state index in [2.05, 4.69) is 0 Å². The zero-order chi connectivity index (χ0) is 25.7. The van der Waals surface area contributed by atoms with Crippen LogP contribution in [0.4, 0.5) is 9.18 Å². The molecule has 0 aromatic heterocycles. The second kappa shape index (κ2) is 10.4. The Morgan fingerprint density at radius 3 is 1.76 bits per heavy atom. The van der Waals surface area contributed by atoms with Gasteiger partial charge in [0.1, 0.15) is 40.9 Å². The van der Waals surface area contributed by atoms with Gasteiger partial charge in [0.2, 0.25) is 0 Å². The molecule has 0 aliphatic rings. The lowest BCUT2D eigenvalue weighted by atomic mass is 10.2. The van der Waals surface area contributed by atoms with Gasteiger partial charge in [-0.25, -0.2) is 17.6 Å². The quantitative estimate of drug-likeness (QED) is 0.502. The van der Waals surface area contributed by atoms with E-state index in [1.807, 2.05) is 0 Å². The molecule has 2 aromatic carbocycles. The minimum Gasteiger partial charge on any atom is -0.459 e. The molecule has 186 valence electrons. The van der Waals surface area contributed by atoms with Crippen LogP contribution in [0.3, 0.4) is 0 Å². The van der Waals surface area contributed by atoms with Crippen LogP contribution < -0.4 is 4.74 Å². The predicted molar refractivity (Wildman–Crippen MR) is 124 cm³/mol. The Bertz CT molecular complexity index is 1100. The summed E-state index contributed by atoms with van der Waals surface area (Å²) in [4.78, 5) is 25.6. The molecule has 0 bridgehead atoms. The monoisotopic (exact) mass is 495 g/mol. The summed E-state index contributed by atoms with van der Waals surface area (Å²) in [5.41, 5.74) is -1.71. The molecule has 0 aliphatic carbocycles. The second-order valence-electron chi connectivity index (χ2n) is 9.54. The van der Waals surface area contributed by atoms with Crippen molar-refractivity contribution in [3.63, 3.8) is 0 Å². The van der Waals surface area contributed by atoms with Crippen molar-refractivity contribution in [3.05, 3.63) is 54.3 Å². The first kappa shape index (κ1) is 27.1. The normalized spacial score (nSPS) is 12.1. The van der Waals surface area contributed by atoms with E-state index in [0.717, 1.165) is 4.90 Å². The summed E-state index contributed by atoms with van der Waals surface area (Å²) in [5, 5.41) is 0. The van der Waals surface area contributed by atoms with E-state index in [-0.39, 0.29) is 4.90 Å². The van der Waals surface area contributed by atoms with E-state index in [1.54, 1.807) is 41.5 Å². The van der Waals surface area contributed by atoms with Crippen molar-refractivity contribution in [2.45, 2.75) is 57.6 Å². The smallest absolute Gasteiger partial charge is 0.411 e. The summed E-state index contributed by atoms with van der Waals surface area (Å²) in [6.45, 7) is 9.27. The average Bonchev–Trinajstić information content (AvgIpc) is 2.67. The fraction of sp³-hybridized carbons (Fsp3) is 0.417. The van der Waals surface area contributed by atoms with Crippen LogP contribution in [0.2, 0.25) is 0 Å². The van der Waals surface area contributed by atoms with Gasteiger partial charge in [-0.05, 0) is 90.1 Å². The number of hydrogen-bond acceptors (Lipinski definition) is 7. The highest BCUT2D eigenvalue weighted by molar-refractivity contribution is 7.91. The number of carbonyl (C=O) groups is 2. The number of ether oxygens (including phenoxy) is 3. The van der Waals surface area contributed by atoms with Crippen LogP contribution in [0, 0.1) is 5.82 Å². The van der Waals surface area contributed by atoms with E-state index >= 15 is 0 Å². The summed E-state index contributed by atoms with van der Waals surface area (Å²) < 4.78 is 55.1. The highest BCUT2D eigenvalue weighted by atomic mass is 32.2. The van der Waals surface area contributed by atoms with Crippen molar-refractivity contribution >= 4 is 21.9 Å². The molecule has 2 rings (SSSR count). The molecule has 0 saturated carbocycles. The summed E-state index contributed by atoms with van der Waals surface area (Å²) in [7, 11) is -4.03. The van der Waals surface area contributed by atoms with Gasteiger partial charge in [0.25, 0.3) is 0 Å². The molecule has 34 heavy (non-hydrogen) atoms. The minimum absolute atomic E-state index is 0.0864. The molecule has 0 unspecified atom stereocenters. The predicted octanol–water partition coefficient (Wildman–Crippen LogP) is 4.93. The number of amides is 1. The number of benzene rings is 2.